The summed E-state index contributed by atoms with van der Waals surface area (Å²) in [6.07, 6.45) is 0. The van der Waals surface area contributed by atoms with Gasteiger partial charge in [-0.25, -0.2) is 4.79 Å². The van der Waals surface area contributed by atoms with Gasteiger partial charge in [-0.1, -0.05) is 35.9 Å². The second-order valence-corrected chi connectivity index (χ2v) is 5.36. The molecule has 0 radical (unpaired) electrons. The lowest BCUT2D eigenvalue weighted by Crippen LogP contribution is -2.33. The van der Waals surface area contributed by atoms with Crippen LogP contribution in [0.25, 0.3) is 0 Å². The lowest BCUT2D eigenvalue weighted by atomic mass is 10.1. The molecular weight excluding hydrogens is 318 g/mol. The molecule has 0 saturated heterocycles. The Morgan fingerprint density at radius 3 is 2.26 bits per heavy atom. The fourth-order valence-electron chi connectivity index (χ4n) is 2.08. The van der Waals surface area contributed by atoms with Crippen molar-refractivity contribution in [3.05, 3.63) is 70.2 Å². The maximum atomic E-state index is 12.2. The number of methoxy groups -OCH3 is 1. The summed E-state index contributed by atoms with van der Waals surface area (Å²) in [5, 5.41) is 12.3. The van der Waals surface area contributed by atoms with Crippen LogP contribution in [0.3, 0.4) is 0 Å². The van der Waals surface area contributed by atoms with Gasteiger partial charge in [0.15, 0.2) is 6.04 Å². The molecule has 0 bridgehead atoms. The number of ether oxygens (including phenoxy) is 1. The molecule has 0 heterocycles. The molecule has 0 aromatic heterocycles. The van der Waals surface area contributed by atoms with E-state index in [1.54, 1.807) is 55.6 Å². The topological polar surface area (TPSA) is 75.6 Å². The van der Waals surface area contributed by atoms with Gasteiger partial charge >= 0.3 is 5.97 Å². The van der Waals surface area contributed by atoms with E-state index in [-0.39, 0.29) is 0 Å². The number of aliphatic carboxylic acids is 1. The fraction of sp³-hybridized carbons (Fsp3) is 0.176. The molecule has 5 nitrogen and oxygen atoms in total. The Labute approximate surface area is 138 Å². The zero-order chi connectivity index (χ0) is 16.8. The lowest BCUT2D eigenvalue weighted by Gasteiger charge is -2.15. The van der Waals surface area contributed by atoms with E-state index in [9.17, 15) is 14.7 Å². The highest BCUT2D eigenvalue weighted by atomic mass is 35.5. The summed E-state index contributed by atoms with van der Waals surface area (Å²) in [5.41, 5.74) is 1.76. The first-order valence-electron chi connectivity index (χ1n) is 6.88. The molecule has 120 valence electrons. The molecule has 1 atom stereocenters. The van der Waals surface area contributed by atoms with Gasteiger partial charge in [0.2, 0.25) is 0 Å². The first-order valence-corrected chi connectivity index (χ1v) is 7.26. The molecule has 0 aliphatic heterocycles. The molecule has 2 rings (SSSR count). The molecule has 0 aliphatic carbocycles. The summed E-state index contributed by atoms with van der Waals surface area (Å²) in [7, 11) is 1.59. The monoisotopic (exact) mass is 333 g/mol. The van der Waals surface area contributed by atoms with Gasteiger partial charge in [0, 0.05) is 17.7 Å². The third-order valence-corrected chi connectivity index (χ3v) is 3.50. The Bertz CT molecular complexity index is 683. The average molecular weight is 334 g/mol. The van der Waals surface area contributed by atoms with Gasteiger partial charge < -0.3 is 15.2 Å². The van der Waals surface area contributed by atoms with E-state index in [1.165, 1.54) is 0 Å². The number of hydrogen-bond donors (Lipinski definition) is 2. The second kappa shape index (κ2) is 7.76. The molecule has 0 saturated carbocycles. The molecule has 23 heavy (non-hydrogen) atoms. The van der Waals surface area contributed by atoms with Crippen molar-refractivity contribution in [3.8, 4) is 0 Å². The molecule has 0 spiro atoms. The number of rotatable bonds is 6. The number of amides is 1. The Morgan fingerprint density at radius 2 is 1.74 bits per heavy atom. The number of halogens is 1. The van der Waals surface area contributed by atoms with Gasteiger partial charge in [0.1, 0.15) is 0 Å². The first kappa shape index (κ1) is 17.0. The smallest absolute Gasteiger partial charge is 0.330 e. The number of benzene rings is 2. The Kier molecular flexibility index (Phi) is 5.73. The van der Waals surface area contributed by atoms with Crippen molar-refractivity contribution in [2.24, 2.45) is 0 Å². The van der Waals surface area contributed by atoms with Crippen LogP contribution in [0, 0.1) is 0 Å². The van der Waals surface area contributed by atoms with Gasteiger partial charge in [0.25, 0.3) is 5.91 Å². The van der Waals surface area contributed by atoms with E-state index in [4.69, 9.17) is 16.3 Å². The van der Waals surface area contributed by atoms with Crippen molar-refractivity contribution in [1.29, 1.82) is 0 Å². The Morgan fingerprint density at radius 1 is 1.13 bits per heavy atom. The predicted molar refractivity (Wildman–Crippen MR) is 86.5 cm³/mol. The lowest BCUT2D eigenvalue weighted by molar-refractivity contribution is -0.139. The van der Waals surface area contributed by atoms with Crippen molar-refractivity contribution in [1.82, 2.24) is 5.32 Å². The Hall–Kier alpha value is -2.37. The molecule has 0 fully saturated rings. The number of carboxylic acid groups (broad SMARTS) is 1. The highest BCUT2D eigenvalue weighted by Crippen LogP contribution is 2.18. The minimum absolute atomic E-state index is 0.380. The van der Waals surface area contributed by atoms with Crippen LogP contribution in [-0.4, -0.2) is 24.1 Å². The van der Waals surface area contributed by atoms with E-state index in [0.717, 1.165) is 5.56 Å². The molecule has 1 amide bonds. The van der Waals surface area contributed by atoms with Crippen molar-refractivity contribution < 1.29 is 19.4 Å². The molecular formula is C17H16ClNO4. The summed E-state index contributed by atoms with van der Waals surface area (Å²) in [6, 6.07) is 11.9. The van der Waals surface area contributed by atoms with Gasteiger partial charge in [-0.2, -0.15) is 0 Å². The molecule has 6 heteroatoms. The normalized spacial score (nSPS) is 11.7. The summed E-state index contributed by atoms with van der Waals surface area (Å²) in [4.78, 5) is 23.7. The number of hydrogen-bond acceptors (Lipinski definition) is 3. The highest BCUT2D eigenvalue weighted by molar-refractivity contribution is 6.30. The molecule has 2 N–H and O–H groups in total. The summed E-state index contributed by atoms with van der Waals surface area (Å²) >= 11 is 5.79. The van der Waals surface area contributed by atoms with Gasteiger partial charge in [-0.15, -0.1) is 0 Å². The zero-order valence-electron chi connectivity index (χ0n) is 12.5. The minimum atomic E-state index is -1.14. The fourth-order valence-corrected chi connectivity index (χ4v) is 2.20. The maximum absolute atomic E-state index is 12.2. The first-order chi connectivity index (χ1) is 11.0. The van der Waals surface area contributed by atoms with Gasteiger partial charge in [0.05, 0.1) is 6.61 Å². The van der Waals surface area contributed by atoms with E-state index >= 15 is 0 Å². The maximum Gasteiger partial charge on any atom is 0.330 e. The van der Waals surface area contributed by atoms with E-state index in [1.807, 2.05) is 0 Å². The van der Waals surface area contributed by atoms with Crippen LogP contribution < -0.4 is 5.32 Å². The molecule has 1 unspecified atom stereocenters. The van der Waals surface area contributed by atoms with Crippen LogP contribution >= 0.6 is 11.6 Å². The van der Waals surface area contributed by atoms with E-state index < -0.39 is 17.9 Å². The second-order valence-electron chi connectivity index (χ2n) is 4.93. The largest absolute Gasteiger partial charge is 0.479 e. The predicted octanol–water partition coefficient (Wildman–Crippen LogP) is 3.04. The summed E-state index contributed by atoms with van der Waals surface area (Å²) in [6.45, 7) is 0.449. The van der Waals surface area contributed by atoms with Crippen molar-refractivity contribution in [2.45, 2.75) is 12.6 Å². The van der Waals surface area contributed by atoms with Gasteiger partial charge in [-0.3, -0.25) is 4.79 Å². The number of carboxylic acids is 1. The zero-order valence-corrected chi connectivity index (χ0v) is 13.2. The standard InChI is InChI=1S/C17H16ClNO4/c1-23-10-11-2-4-13(5-3-11)16(20)19-15(17(21)22)12-6-8-14(18)9-7-12/h2-9,15H,10H2,1H3,(H,19,20)(H,21,22). The molecule has 0 aliphatic rings. The third-order valence-electron chi connectivity index (χ3n) is 3.25. The van der Waals surface area contributed by atoms with Crippen LogP contribution in [0.4, 0.5) is 0 Å². The quantitative estimate of drug-likeness (QED) is 0.852. The average Bonchev–Trinajstić information content (AvgIpc) is 2.54. The number of nitrogens with one attached hydrogen (secondary N) is 1. The third kappa shape index (κ3) is 4.55. The van der Waals surface area contributed by atoms with Crippen LogP contribution in [0.2, 0.25) is 5.02 Å². The SMILES string of the molecule is COCc1ccc(C(=O)NC(C(=O)O)c2ccc(Cl)cc2)cc1. The van der Waals surface area contributed by atoms with Crippen LogP contribution in [0.5, 0.6) is 0 Å². The van der Waals surface area contributed by atoms with Crippen molar-refractivity contribution in [2.75, 3.05) is 7.11 Å². The van der Waals surface area contributed by atoms with E-state index in [2.05, 4.69) is 5.32 Å². The molecule has 2 aromatic carbocycles. The van der Waals surface area contributed by atoms with Crippen LogP contribution in [0.1, 0.15) is 27.5 Å². The van der Waals surface area contributed by atoms with Crippen molar-refractivity contribution in [3.63, 3.8) is 0 Å². The Balaban J connectivity index is 2.14. The van der Waals surface area contributed by atoms with Crippen molar-refractivity contribution >= 4 is 23.5 Å². The van der Waals surface area contributed by atoms with Crippen LogP contribution in [-0.2, 0) is 16.1 Å². The minimum Gasteiger partial charge on any atom is -0.479 e. The van der Waals surface area contributed by atoms with Crippen LogP contribution in [0.15, 0.2) is 48.5 Å². The molecule has 2 aromatic rings. The van der Waals surface area contributed by atoms with E-state index in [0.29, 0.717) is 22.8 Å². The number of carbonyl (C=O) groups excluding carboxylic acids is 1. The number of carbonyl (C=O) groups is 2. The summed E-state index contributed by atoms with van der Waals surface area (Å²) < 4.78 is 5.00. The summed E-state index contributed by atoms with van der Waals surface area (Å²) in [5.74, 6) is -1.60. The highest BCUT2D eigenvalue weighted by Gasteiger charge is 2.22. The van der Waals surface area contributed by atoms with Gasteiger partial charge in [-0.05, 0) is 35.4 Å².